The third-order valence-electron chi connectivity index (χ3n) is 4.85. The molecule has 2 unspecified atom stereocenters. The summed E-state index contributed by atoms with van der Waals surface area (Å²) in [6.45, 7) is 6.11. The number of aliphatic hydroxyl groups is 1. The van der Waals surface area contributed by atoms with Crippen molar-refractivity contribution in [1.82, 2.24) is 4.90 Å². The summed E-state index contributed by atoms with van der Waals surface area (Å²) in [5.74, 6) is 1.50. The van der Waals surface area contributed by atoms with Crippen molar-refractivity contribution in [3.8, 4) is 0 Å². The Labute approximate surface area is 112 Å². The molecule has 0 heterocycles. The minimum absolute atomic E-state index is 0.161. The van der Waals surface area contributed by atoms with Gasteiger partial charge in [-0.1, -0.05) is 13.3 Å². The number of hydrogen-bond acceptors (Lipinski definition) is 3. The monoisotopic (exact) mass is 254 g/mol. The molecule has 0 aromatic rings. The number of nitrogens with two attached hydrogens (primary N) is 1. The first-order chi connectivity index (χ1) is 8.68. The Morgan fingerprint density at radius 2 is 2.06 bits per heavy atom. The third kappa shape index (κ3) is 3.69. The lowest BCUT2D eigenvalue weighted by Crippen LogP contribution is -2.48. The van der Waals surface area contributed by atoms with Crippen LogP contribution in [0.1, 0.15) is 51.9 Å². The van der Waals surface area contributed by atoms with Crippen LogP contribution in [0.2, 0.25) is 0 Å². The van der Waals surface area contributed by atoms with Gasteiger partial charge in [0.25, 0.3) is 0 Å². The zero-order valence-electron chi connectivity index (χ0n) is 11.9. The summed E-state index contributed by atoms with van der Waals surface area (Å²) in [4.78, 5) is 2.62. The molecule has 0 spiro atoms. The number of hydrogen-bond donors (Lipinski definition) is 2. The molecule has 3 heteroatoms. The molecule has 2 fully saturated rings. The van der Waals surface area contributed by atoms with Crippen molar-refractivity contribution in [2.24, 2.45) is 17.6 Å². The third-order valence-corrected chi connectivity index (χ3v) is 4.85. The SMILES string of the molecule is CCCN(CCC1CCCC1(N)CO)CC1CC1. The minimum atomic E-state index is -0.280. The van der Waals surface area contributed by atoms with Crippen molar-refractivity contribution >= 4 is 0 Å². The van der Waals surface area contributed by atoms with Gasteiger partial charge in [0.1, 0.15) is 0 Å². The van der Waals surface area contributed by atoms with Crippen LogP contribution in [0.15, 0.2) is 0 Å². The van der Waals surface area contributed by atoms with Gasteiger partial charge < -0.3 is 15.7 Å². The van der Waals surface area contributed by atoms with E-state index in [-0.39, 0.29) is 12.1 Å². The summed E-state index contributed by atoms with van der Waals surface area (Å²) in [6.07, 6.45) is 8.68. The first-order valence-corrected chi connectivity index (χ1v) is 7.80. The van der Waals surface area contributed by atoms with E-state index in [4.69, 9.17) is 5.73 Å². The highest BCUT2D eigenvalue weighted by molar-refractivity contribution is 4.96. The molecule has 2 atom stereocenters. The van der Waals surface area contributed by atoms with Gasteiger partial charge in [-0.3, -0.25) is 0 Å². The Hall–Kier alpha value is -0.120. The summed E-state index contributed by atoms with van der Waals surface area (Å²) >= 11 is 0. The molecule has 0 bridgehead atoms. The second-order valence-corrected chi connectivity index (χ2v) is 6.51. The molecule has 0 aromatic carbocycles. The summed E-state index contributed by atoms with van der Waals surface area (Å²) in [5, 5.41) is 9.48. The van der Waals surface area contributed by atoms with Gasteiger partial charge in [-0.15, -0.1) is 0 Å². The van der Waals surface area contributed by atoms with Crippen LogP contribution in [-0.4, -0.2) is 41.8 Å². The topological polar surface area (TPSA) is 49.5 Å². The lowest BCUT2D eigenvalue weighted by molar-refractivity contribution is 0.142. The van der Waals surface area contributed by atoms with Crippen molar-refractivity contribution in [3.63, 3.8) is 0 Å². The predicted octanol–water partition coefficient (Wildman–Crippen LogP) is 1.99. The van der Waals surface area contributed by atoms with E-state index < -0.39 is 0 Å². The maximum Gasteiger partial charge on any atom is 0.0613 e. The highest BCUT2D eigenvalue weighted by atomic mass is 16.3. The van der Waals surface area contributed by atoms with Crippen LogP contribution >= 0.6 is 0 Å². The normalized spacial score (nSPS) is 32.3. The molecule has 0 radical (unpaired) electrons. The lowest BCUT2D eigenvalue weighted by atomic mass is 9.86. The summed E-state index contributed by atoms with van der Waals surface area (Å²) in [6, 6.07) is 0. The van der Waals surface area contributed by atoms with Gasteiger partial charge in [0.05, 0.1) is 6.61 Å². The predicted molar refractivity (Wildman–Crippen MR) is 75.4 cm³/mol. The van der Waals surface area contributed by atoms with Crippen LogP contribution in [0, 0.1) is 11.8 Å². The molecule has 2 rings (SSSR count). The fourth-order valence-corrected chi connectivity index (χ4v) is 3.42. The van der Waals surface area contributed by atoms with E-state index in [0.717, 1.165) is 12.3 Å². The molecule has 3 N–H and O–H groups in total. The molecule has 2 saturated carbocycles. The van der Waals surface area contributed by atoms with Gasteiger partial charge in [-0.2, -0.15) is 0 Å². The van der Waals surface area contributed by atoms with E-state index in [9.17, 15) is 5.11 Å². The molecule has 3 nitrogen and oxygen atoms in total. The highest BCUT2D eigenvalue weighted by Gasteiger charge is 2.38. The highest BCUT2D eigenvalue weighted by Crippen LogP contribution is 2.36. The van der Waals surface area contributed by atoms with Gasteiger partial charge >= 0.3 is 0 Å². The minimum Gasteiger partial charge on any atom is -0.394 e. The Morgan fingerprint density at radius 1 is 1.28 bits per heavy atom. The average Bonchev–Trinajstić information content (AvgIpc) is 3.09. The molecule has 0 aromatic heterocycles. The smallest absolute Gasteiger partial charge is 0.0613 e. The van der Waals surface area contributed by atoms with E-state index >= 15 is 0 Å². The maximum absolute atomic E-state index is 9.48. The van der Waals surface area contributed by atoms with Crippen molar-refractivity contribution in [2.75, 3.05) is 26.2 Å². The maximum atomic E-state index is 9.48. The second-order valence-electron chi connectivity index (χ2n) is 6.51. The molecule has 0 saturated heterocycles. The molecule has 106 valence electrons. The lowest BCUT2D eigenvalue weighted by Gasteiger charge is -2.31. The summed E-state index contributed by atoms with van der Waals surface area (Å²) in [7, 11) is 0. The van der Waals surface area contributed by atoms with Crippen molar-refractivity contribution < 1.29 is 5.11 Å². The van der Waals surface area contributed by atoms with Crippen LogP contribution in [0.5, 0.6) is 0 Å². The van der Waals surface area contributed by atoms with E-state index in [1.54, 1.807) is 0 Å². The van der Waals surface area contributed by atoms with Crippen molar-refractivity contribution in [3.05, 3.63) is 0 Å². The second kappa shape index (κ2) is 6.36. The zero-order valence-corrected chi connectivity index (χ0v) is 11.9. The molecular weight excluding hydrogens is 224 g/mol. The van der Waals surface area contributed by atoms with Crippen LogP contribution in [0.4, 0.5) is 0 Å². The first kappa shape index (κ1) is 14.3. The Kier molecular flexibility index (Phi) is 5.05. The Balaban J connectivity index is 1.76. The van der Waals surface area contributed by atoms with Crippen molar-refractivity contribution in [1.29, 1.82) is 0 Å². The van der Waals surface area contributed by atoms with Crippen LogP contribution < -0.4 is 5.73 Å². The number of aliphatic hydroxyl groups excluding tert-OH is 1. The van der Waals surface area contributed by atoms with Gasteiger partial charge in [0.2, 0.25) is 0 Å². The van der Waals surface area contributed by atoms with E-state index in [2.05, 4.69) is 11.8 Å². The van der Waals surface area contributed by atoms with Gasteiger partial charge in [0.15, 0.2) is 0 Å². The Bertz CT molecular complexity index is 255. The van der Waals surface area contributed by atoms with Gasteiger partial charge in [0, 0.05) is 12.1 Å². The molecule has 0 amide bonds. The van der Waals surface area contributed by atoms with Crippen LogP contribution in [-0.2, 0) is 0 Å². The van der Waals surface area contributed by atoms with Crippen molar-refractivity contribution in [2.45, 2.75) is 57.4 Å². The van der Waals surface area contributed by atoms with E-state index in [1.807, 2.05) is 0 Å². The fraction of sp³-hybridized carbons (Fsp3) is 1.00. The van der Waals surface area contributed by atoms with Gasteiger partial charge in [-0.25, -0.2) is 0 Å². The first-order valence-electron chi connectivity index (χ1n) is 7.80. The molecular formula is C15H30N2O. The summed E-state index contributed by atoms with van der Waals surface area (Å²) in [5.41, 5.74) is 6.03. The van der Waals surface area contributed by atoms with E-state index in [0.29, 0.717) is 5.92 Å². The molecule has 2 aliphatic carbocycles. The number of nitrogens with zero attached hydrogens (tertiary/aromatic N) is 1. The molecule has 2 aliphatic rings. The Morgan fingerprint density at radius 3 is 2.67 bits per heavy atom. The van der Waals surface area contributed by atoms with Crippen LogP contribution in [0.3, 0.4) is 0 Å². The quantitative estimate of drug-likeness (QED) is 0.696. The molecule has 0 aliphatic heterocycles. The number of rotatable bonds is 8. The van der Waals surface area contributed by atoms with Crippen LogP contribution in [0.25, 0.3) is 0 Å². The standard InChI is InChI=1S/C15H30N2O/c1-2-9-17(11-13-5-6-13)10-7-14-4-3-8-15(14,16)12-18/h13-14,18H,2-12,16H2,1H3. The largest absolute Gasteiger partial charge is 0.394 e. The average molecular weight is 254 g/mol. The van der Waals surface area contributed by atoms with Gasteiger partial charge in [-0.05, 0) is 63.5 Å². The fourth-order valence-electron chi connectivity index (χ4n) is 3.42. The summed E-state index contributed by atoms with van der Waals surface area (Å²) < 4.78 is 0. The zero-order chi connectivity index (χ0) is 13.0. The molecule has 18 heavy (non-hydrogen) atoms. The van der Waals surface area contributed by atoms with E-state index in [1.165, 1.54) is 58.2 Å².